The zero-order valence-electron chi connectivity index (χ0n) is 10.9. The van der Waals surface area contributed by atoms with Crippen LogP contribution in [0.25, 0.3) is 0 Å². The maximum atomic E-state index is 9.18. The van der Waals surface area contributed by atoms with Crippen LogP contribution in [0.2, 0.25) is 5.02 Å². The van der Waals surface area contributed by atoms with E-state index in [1.807, 2.05) is 24.3 Å². The Morgan fingerprint density at radius 2 is 2.05 bits per heavy atom. The van der Waals surface area contributed by atoms with Crippen molar-refractivity contribution in [1.29, 1.82) is 0 Å². The Hall–Kier alpha value is -1.58. The number of aliphatic hydroxyl groups excluding tert-OH is 1. The van der Waals surface area contributed by atoms with Crippen molar-refractivity contribution in [3.05, 3.63) is 52.7 Å². The summed E-state index contributed by atoms with van der Waals surface area (Å²) >= 11 is 5.90. The number of ether oxygens (including phenoxy) is 1. The predicted molar refractivity (Wildman–Crippen MR) is 75.8 cm³/mol. The number of hydrogen-bond donors (Lipinski definition) is 1. The van der Waals surface area contributed by atoms with Gasteiger partial charge in [0, 0.05) is 17.8 Å². The van der Waals surface area contributed by atoms with Crippen molar-refractivity contribution in [3.63, 3.8) is 0 Å². The summed E-state index contributed by atoms with van der Waals surface area (Å²) in [5.41, 5.74) is 1.72. The van der Waals surface area contributed by atoms with Crippen LogP contribution in [-0.4, -0.2) is 10.1 Å². The molecule has 2 aromatic rings. The highest BCUT2D eigenvalue weighted by Gasteiger charge is 2.09. The maximum absolute atomic E-state index is 9.18. The third-order valence-corrected chi connectivity index (χ3v) is 3.18. The van der Waals surface area contributed by atoms with Crippen LogP contribution in [0.1, 0.15) is 30.9 Å². The fourth-order valence-electron chi connectivity index (χ4n) is 1.80. The van der Waals surface area contributed by atoms with Gasteiger partial charge in [0.15, 0.2) is 0 Å². The number of para-hydroxylation sites is 1. The molecule has 0 radical (unpaired) electrons. The molecule has 100 valence electrons. The van der Waals surface area contributed by atoms with Crippen molar-refractivity contribution in [2.45, 2.75) is 26.4 Å². The van der Waals surface area contributed by atoms with Crippen LogP contribution in [0.5, 0.6) is 11.6 Å². The minimum Gasteiger partial charge on any atom is -0.439 e. The van der Waals surface area contributed by atoms with Gasteiger partial charge >= 0.3 is 0 Å². The van der Waals surface area contributed by atoms with E-state index >= 15 is 0 Å². The average molecular weight is 278 g/mol. The molecule has 0 aliphatic rings. The first kappa shape index (κ1) is 13.8. The van der Waals surface area contributed by atoms with Crippen LogP contribution in [0.3, 0.4) is 0 Å². The molecule has 1 N–H and O–H groups in total. The molecular formula is C15H16ClNO2. The fraction of sp³-hybridized carbons (Fsp3) is 0.267. The van der Waals surface area contributed by atoms with E-state index < -0.39 is 0 Å². The van der Waals surface area contributed by atoms with Gasteiger partial charge < -0.3 is 9.84 Å². The monoisotopic (exact) mass is 277 g/mol. The van der Waals surface area contributed by atoms with E-state index in [0.717, 1.165) is 11.3 Å². The number of aliphatic hydroxyl groups is 1. The number of halogens is 1. The van der Waals surface area contributed by atoms with Crippen LogP contribution >= 0.6 is 11.6 Å². The minimum absolute atomic E-state index is 0.135. The largest absolute Gasteiger partial charge is 0.439 e. The lowest BCUT2D eigenvalue weighted by atomic mass is 10.0. The van der Waals surface area contributed by atoms with Gasteiger partial charge in [-0.15, -0.1) is 0 Å². The standard InChI is InChI=1S/C15H16ClNO2/c1-10(2)12-5-3-4-6-14(12)19-15-7-11(9-18)13(16)8-17-15/h3-8,10,18H,9H2,1-2H3. The second kappa shape index (κ2) is 6.04. The third-order valence-electron chi connectivity index (χ3n) is 2.84. The number of hydrogen-bond acceptors (Lipinski definition) is 3. The quantitative estimate of drug-likeness (QED) is 0.913. The van der Waals surface area contributed by atoms with Gasteiger partial charge in [0.05, 0.1) is 11.6 Å². The Morgan fingerprint density at radius 1 is 1.32 bits per heavy atom. The van der Waals surface area contributed by atoms with Gasteiger partial charge in [0.1, 0.15) is 5.75 Å². The molecule has 4 heteroatoms. The summed E-state index contributed by atoms with van der Waals surface area (Å²) in [4.78, 5) is 4.12. The predicted octanol–water partition coefficient (Wildman–Crippen LogP) is 4.14. The summed E-state index contributed by atoms with van der Waals surface area (Å²) in [5.74, 6) is 1.57. The van der Waals surface area contributed by atoms with E-state index in [2.05, 4.69) is 18.8 Å². The van der Waals surface area contributed by atoms with Crippen molar-refractivity contribution in [3.8, 4) is 11.6 Å². The van der Waals surface area contributed by atoms with Gasteiger partial charge in [0.2, 0.25) is 5.88 Å². The van der Waals surface area contributed by atoms with Gasteiger partial charge in [-0.1, -0.05) is 43.6 Å². The Kier molecular flexibility index (Phi) is 4.40. The van der Waals surface area contributed by atoms with Gasteiger partial charge in [0.25, 0.3) is 0 Å². The molecule has 3 nitrogen and oxygen atoms in total. The average Bonchev–Trinajstić information content (AvgIpc) is 2.41. The molecule has 0 spiro atoms. The zero-order valence-corrected chi connectivity index (χ0v) is 11.7. The van der Waals surface area contributed by atoms with E-state index in [1.54, 1.807) is 6.07 Å². The zero-order chi connectivity index (χ0) is 13.8. The Balaban J connectivity index is 2.31. The molecule has 0 unspecified atom stereocenters. The van der Waals surface area contributed by atoms with E-state index in [-0.39, 0.29) is 6.61 Å². The smallest absolute Gasteiger partial charge is 0.219 e. The number of rotatable bonds is 4. The Morgan fingerprint density at radius 3 is 2.74 bits per heavy atom. The summed E-state index contributed by atoms with van der Waals surface area (Å²) in [5, 5.41) is 9.62. The second-order valence-electron chi connectivity index (χ2n) is 4.57. The SMILES string of the molecule is CC(C)c1ccccc1Oc1cc(CO)c(Cl)cn1. The highest BCUT2D eigenvalue weighted by molar-refractivity contribution is 6.31. The summed E-state index contributed by atoms with van der Waals surface area (Å²) in [6.07, 6.45) is 1.49. The van der Waals surface area contributed by atoms with Crippen molar-refractivity contribution in [2.24, 2.45) is 0 Å². The number of benzene rings is 1. The van der Waals surface area contributed by atoms with E-state index in [9.17, 15) is 5.11 Å². The minimum atomic E-state index is -0.135. The topological polar surface area (TPSA) is 42.4 Å². The van der Waals surface area contributed by atoms with Crippen molar-refractivity contribution >= 4 is 11.6 Å². The summed E-state index contributed by atoms with van der Waals surface area (Å²) in [7, 11) is 0. The molecule has 0 aliphatic heterocycles. The normalized spacial score (nSPS) is 10.8. The molecule has 2 rings (SSSR count). The molecule has 0 saturated carbocycles. The molecular weight excluding hydrogens is 262 g/mol. The first-order valence-corrected chi connectivity index (χ1v) is 6.51. The number of pyridine rings is 1. The van der Waals surface area contributed by atoms with Crippen molar-refractivity contribution in [2.75, 3.05) is 0 Å². The molecule has 0 atom stereocenters. The molecule has 19 heavy (non-hydrogen) atoms. The van der Waals surface area contributed by atoms with E-state index in [0.29, 0.717) is 22.4 Å². The summed E-state index contributed by atoms with van der Waals surface area (Å²) < 4.78 is 5.79. The lowest BCUT2D eigenvalue weighted by molar-refractivity contribution is 0.281. The van der Waals surface area contributed by atoms with Crippen LogP contribution in [0.15, 0.2) is 36.5 Å². The van der Waals surface area contributed by atoms with Crippen molar-refractivity contribution in [1.82, 2.24) is 4.98 Å². The summed E-state index contributed by atoms with van der Waals surface area (Å²) in [6.45, 7) is 4.08. The molecule has 1 aromatic carbocycles. The molecule has 0 bridgehead atoms. The Bertz CT molecular complexity index is 570. The van der Waals surface area contributed by atoms with Gasteiger partial charge in [-0.25, -0.2) is 4.98 Å². The van der Waals surface area contributed by atoms with E-state index in [1.165, 1.54) is 6.20 Å². The maximum Gasteiger partial charge on any atom is 0.219 e. The van der Waals surface area contributed by atoms with Crippen LogP contribution in [0.4, 0.5) is 0 Å². The highest BCUT2D eigenvalue weighted by Crippen LogP contribution is 2.30. The summed E-state index contributed by atoms with van der Waals surface area (Å²) in [6, 6.07) is 9.49. The van der Waals surface area contributed by atoms with Crippen LogP contribution in [0, 0.1) is 0 Å². The molecule has 0 saturated heterocycles. The van der Waals surface area contributed by atoms with Crippen LogP contribution in [-0.2, 0) is 6.61 Å². The molecule has 0 fully saturated rings. The second-order valence-corrected chi connectivity index (χ2v) is 4.97. The van der Waals surface area contributed by atoms with Crippen molar-refractivity contribution < 1.29 is 9.84 Å². The lowest BCUT2D eigenvalue weighted by Crippen LogP contribution is -1.96. The third kappa shape index (κ3) is 3.25. The van der Waals surface area contributed by atoms with Gasteiger partial charge in [-0.3, -0.25) is 0 Å². The highest BCUT2D eigenvalue weighted by atomic mass is 35.5. The molecule has 1 heterocycles. The van der Waals surface area contributed by atoms with Gasteiger partial charge in [-0.05, 0) is 17.5 Å². The molecule has 1 aromatic heterocycles. The van der Waals surface area contributed by atoms with Gasteiger partial charge in [-0.2, -0.15) is 0 Å². The van der Waals surface area contributed by atoms with E-state index in [4.69, 9.17) is 16.3 Å². The number of aromatic nitrogens is 1. The lowest BCUT2D eigenvalue weighted by Gasteiger charge is -2.13. The first-order valence-electron chi connectivity index (χ1n) is 6.14. The molecule has 0 aliphatic carbocycles. The van der Waals surface area contributed by atoms with Crippen LogP contribution < -0.4 is 4.74 Å². The Labute approximate surface area is 117 Å². The molecule has 0 amide bonds. The fourth-order valence-corrected chi connectivity index (χ4v) is 1.96. The number of nitrogens with zero attached hydrogens (tertiary/aromatic N) is 1. The first-order chi connectivity index (χ1) is 9.11.